The fraction of sp³-hybridized carbons (Fsp3) is 0.571. The number of hydrogen-bond donors (Lipinski definition) is 0. The van der Waals surface area contributed by atoms with Gasteiger partial charge >= 0.3 is 0 Å². The Kier molecular flexibility index (Phi) is 3.97. The highest BCUT2D eigenvalue weighted by Gasteiger charge is 2.41. The van der Waals surface area contributed by atoms with Gasteiger partial charge in [0, 0.05) is 25.8 Å². The molecule has 1 aromatic carbocycles. The number of halogens is 2. The Bertz CT molecular complexity index is 424. The van der Waals surface area contributed by atoms with Gasteiger partial charge in [0.1, 0.15) is 5.60 Å². The van der Waals surface area contributed by atoms with Crippen LogP contribution < -0.4 is 0 Å². The summed E-state index contributed by atoms with van der Waals surface area (Å²) in [7, 11) is 1.57. The van der Waals surface area contributed by atoms with Crippen molar-refractivity contribution in [3.8, 4) is 0 Å². The monoisotopic (exact) mass is 255 g/mol. The lowest BCUT2D eigenvalue weighted by Crippen LogP contribution is -2.34. The zero-order valence-corrected chi connectivity index (χ0v) is 10.9. The molecular formula is C14H19F2NO. The van der Waals surface area contributed by atoms with Gasteiger partial charge in [0.25, 0.3) is 0 Å². The summed E-state index contributed by atoms with van der Waals surface area (Å²) in [6.45, 7) is 4.55. The van der Waals surface area contributed by atoms with Crippen LogP contribution in [0.1, 0.15) is 25.3 Å². The quantitative estimate of drug-likeness (QED) is 0.820. The van der Waals surface area contributed by atoms with Gasteiger partial charge in [-0.05, 0) is 25.5 Å². The molecule has 1 fully saturated rings. The second-order valence-corrected chi connectivity index (χ2v) is 4.83. The van der Waals surface area contributed by atoms with Crippen molar-refractivity contribution in [2.45, 2.75) is 25.4 Å². The third-order valence-corrected chi connectivity index (χ3v) is 3.68. The van der Waals surface area contributed by atoms with Crippen molar-refractivity contribution in [2.75, 3.05) is 26.7 Å². The van der Waals surface area contributed by atoms with Gasteiger partial charge in [-0.1, -0.05) is 19.1 Å². The summed E-state index contributed by atoms with van der Waals surface area (Å²) in [4.78, 5) is 2.23. The van der Waals surface area contributed by atoms with E-state index < -0.39 is 17.2 Å². The normalized spacial score (nSPS) is 24.7. The van der Waals surface area contributed by atoms with E-state index in [1.807, 2.05) is 0 Å². The van der Waals surface area contributed by atoms with Gasteiger partial charge < -0.3 is 9.64 Å². The lowest BCUT2D eigenvalue weighted by molar-refractivity contribution is -0.00903. The van der Waals surface area contributed by atoms with E-state index in [-0.39, 0.29) is 0 Å². The van der Waals surface area contributed by atoms with Gasteiger partial charge in [0.05, 0.1) is 0 Å². The Labute approximate surface area is 107 Å². The van der Waals surface area contributed by atoms with Gasteiger partial charge in [-0.2, -0.15) is 0 Å². The van der Waals surface area contributed by atoms with E-state index in [0.717, 1.165) is 25.6 Å². The molecule has 1 heterocycles. The number of methoxy groups -OCH3 is 1. The molecule has 100 valence electrons. The molecule has 0 aromatic heterocycles. The smallest absolute Gasteiger partial charge is 0.164 e. The predicted molar refractivity (Wildman–Crippen MR) is 66.4 cm³/mol. The first-order valence-corrected chi connectivity index (χ1v) is 6.35. The highest BCUT2D eigenvalue weighted by atomic mass is 19.2. The zero-order valence-electron chi connectivity index (χ0n) is 10.9. The van der Waals surface area contributed by atoms with Gasteiger partial charge in [-0.25, -0.2) is 8.78 Å². The zero-order chi connectivity index (χ0) is 13.2. The minimum Gasteiger partial charge on any atom is -0.372 e. The van der Waals surface area contributed by atoms with Crippen molar-refractivity contribution in [2.24, 2.45) is 0 Å². The summed E-state index contributed by atoms with van der Waals surface area (Å²) in [5.74, 6) is -1.59. The maximum absolute atomic E-state index is 13.9. The van der Waals surface area contributed by atoms with Gasteiger partial charge in [0.2, 0.25) is 0 Å². The first-order chi connectivity index (χ1) is 8.63. The van der Waals surface area contributed by atoms with Crippen LogP contribution in [0.2, 0.25) is 0 Å². The van der Waals surface area contributed by atoms with Crippen molar-refractivity contribution in [1.29, 1.82) is 0 Å². The molecular weight excluding hydrogens is 236 g/mol. The Balaban J connectivity index is 2.31. The third kappa shape index (κ3) is 2.27. The number of hydrogen-bond acceptors (Lipinski definition) is 2. The van der Waals surface area contributed by atoms with Gasteiger partial charge in [-0.3, -0.25) is 0 Å². The average Bonchev–Trinajstić information content (AvgIpc) is 2.78. The van der Waals surface area contributed by atoms with Crippen molar-refractivity contribution in [3.05, 3.63) is 35.4 Å². The average molecular weight is 255 g/mol. The highest BCUT2D eigenvalue weighted by molar-refractivity contribution is 5.27. The summed E-state index contributed by atoms with van der Waals surface area (Å²) in [5.41, 5.74) is -0.370. The van der Waals surface area contributed by atoms with Crippen LogP contribution >= 0.6 is 0 Å². The maximum atomic E-state index is 13.9. The van der Waals surface area contributed by atoms with E-state index in [0.29, 0.717) is 18.5 Å². The largest absolute Gasteiger partial charge is 0.372 e. The lowest BCUT2D eigenvalue weighted by atomic mass is 9.92. The van der Waals surface area contributed by atoms with Crippen LogP contribution in [0, 0.1) is 11.6 Å². The van der Waals surface area contributed by atoms with E-state index in [1.165, 1.54) is 6.07 Å². The van der Waals surface area contributed by atoms with E-state index in [1.54, 1.807) is 13.2 Å². The van der Waals surface area contributed by atoms with E-state index >= 15 is 0 Å². The lowest BCUT2D eigenvalue weighted by Gasteiger charge is -2.29. The van der Waals surface area contributed by atoms with E-state index in [9.17, 15) is 8.78 Å². The molecule has 0 radical (unpaired) electrons. The van der Waals surface area contributed by atoms with Gasteiger partial charge in [-0.15, -0.1) is 0 Å². The number of rotatable bonds is 4. The van der Waals surface area contributed by atoms with Crippen molar-refractivity contribution >= 4 is 0 Å². The number of nitrogens with zero attached hydrogens (tertiary/aromatic N) is 1. The standard InChI is InChI=1S/C14H19F2NO/c1-3-8-17-9-7-14(10-17,18-2)11-5-4-6-12(15)13(11)16/h4-6H,3,7-10H2,1-2H3. The van der Waals surface area contributed by atoms with Crippen LogP contribution in [-0.4, -0.2) is 31.6 Å². The molecule has 0 N–H and O–H groups in total. The Morgan fingerprint density at radius 1 is 1.39 bits per heavy atom. The molecule has 2 nitrogen and oxygen atoms in total. The molecule has 18 heavy (non-hydrogen) atoms. The molecule has 4 heteroatoms. The van der Waals surface area contributed by atoms with Crippen LogP contribution in [-0.2, 0) is 10.3 Å². The van der Waals surface area contributed by atoms with Crippen LogP contribution in [0.3, 0.4) is 0 Å². The molecule has 0 aliphatic carbocycles. The SMILES string of the molecule is CCCN1CCC(OC)(c2cccc(F)c2F)C1. The predicted octanol–water partition coefficient (Wildman–Crippen LogP) is 2.92. The second-order valence-electron chi connectivity index (χ2n) is 4.83. The molecule has 0 spiro atoms. The summed E-state index contributed by atoms with van der Waals surface area (Å²) >= 11 is 0. The molecule has 1 unspecified atom stereocenters. The molecule has 2 rings (SSSR count). The summed E-state index contributed by atoms with van der Waals surface area (Å²) < 4.78 is 32.8. The van der Waals surface area contributed by atoms with Crippen molar-refractivity contribution < 1.29 is 13.5 Å². The molecule has 0 saturated carbocycles. The van der Waals surface area contributed by atoms with E-state index in [4.69, 9.17) is 4.74 Å². The van der Waals surface area contributed by atoms with Crippen molar-refractivity contribution in [1.82, 2.24) is 4.90 Å². The number of ether oxygens (including phenoxy) is 1. The Hall–Kier alpha value is -1.00. The number of likely N-dealkylation sites (tertiary alicyclic amines) is 1. The maximum Gasteiger partial charge on any atom is 0.164 e. The van der Waals surface area contributed by atoms with Crippen LogP contribution in [0.25, 0.3) is 0 Å². The second kappa shape index (κ2) is 5.33. The first kappa shape index (κ1) is 13.4. The Morgan fingerprint density at radius 2 is 2.17 bits per heavy atom. The Morgan fingerprint density at radius 3 is 2.83 bits per heavy atom. The molecule has 1 aliphatic heterocycles. The first-order valence-electron chi connectivity index (χ1n) is 6.35. The summed E-state index contributed by atoms with van der Waals surface area (Å²) in [6, 6.07) is 4.30. The topological polar surface area (TPSA) is 12.5 Å². The fourth-order valence-corrected chi connectivity index (χ4v) is 2.72. The fourth-order valence-electron chi connectivity index (χ4n) is 2.72. The van der Waals surface area contributed by atoms with Gasteiger partial charge in [0.15, 0.2) is 11.6 Å². The van der Waals surface area contributed by atoms with Crippen LogP contribution in [0.5, 0.6) is 0 Å². The molecule has 0 bridgehead atoms. The van der Waals surface area contributed by atoms with Crippen LogP contribution in [0.15, 0.2) is 18.2 Å². The third-order valence-electron chi connectivity index (χ3n) is 3.68. The minimum absolute atomic E-state index is 0.337. The highest BCUT2D eigenvalue weighted by Crippen LogP contribution is 2.37. The molecule has 1 saturated heterocycles. The molecule has 1 aromatic rings. The molecule has 1 atom stereocenters. The summed E-state index contributed by atoms with van der Waals surface area (Å²) in [5, 5.41) is 0. The van der Waals surface area contributed by atoms with E-state index in [2.05, 4.69) is 11.8 Å². The van der Waals surface area contributed by atoms with Crippen LogP contribution in [0.4, 0.5) is 8.78 Å². The number of benzene rings is 1. The summed E-state index contributed by atoms with van der Waals surface area (Å²) in [6.07, 6.45) is 1.75. The molecule has 1 aliphatic rings. The molecule has 0 amide bonds. The minimum atomic E-state index is -0.808. The van der Waals surface area contributed by atoms with Crippen molar-refractivity contribution in [3.63, 3.8) is 0 Å².